The first-order valence-electron chi connectivity index (χ1n) is 5.57. The van der Waals surface area contributed by atoms with Gasteiger partial charge in [0, 0.05) is 17.3 Å². The fraction of sp³-hybridized carbons (Fsp3) is 0.214. The number of fused-ring (bicyclic) bond motifs is 2. The Kier molecular flexibility index (Phi) is 1.96. The lowest BCUT2D eigenvalue weighted by atomic mass is 10.0. The van der Waals surface area contributed by atoms with E-state index in [1.807, 2.05) is 30.5 Å². The summed E-state index contributed by atoms with van der Waals surface area (Å²) < 4.78 is 1.77. The van der Waals surface area contributed by atoms with Crippen LogP contribution in [0.25, 0.3) is 17.0 Å². The maximum atomic E-state index is 12.2. The Labute approximate surface area is 93.8 Å². The molecule has 0 bridgehead atoms. The minimum atomic E-state index is 0.0938. The van der Waals surface area contributed by atoms with Gasteiger partial charge in [0.05, 0.1) is 0 Å². The molecule has 0 saturated heterocycles. The number of pyridine rings is 1. The number of rotatable bonds is 0. The highest BCUT2D eigenvalue weighted by atomic mass is 16.1. The summed E-state index contributed by atoms with van der Waals surface area (Å²) in [6.07, 6.45) is 4.93. The number of nitrogens with zero attached hydrogens (tertiary/aromatic N) is 1. The van der Waals surface area contributed by atoms with Crippen molar-refractivity contribution in [3.05, 3.63) is 52.5 Å². The highest BCUT2D eigenvalue weighted by Gasteiger charge is 2.12. The van der Waals surface area contributed by atoms with Gasteiger partial charge in [-0.2, -0.15) is 0 Å². The van der Waals surface area contributed by atoms with Crippen LogP contribution in [0.2, 0.25) is 0 Å². The highest BCUT2D eigenvalue weighted by Crippen LogP contribution is 2.19. The molecule has 0 radical (unpaired) electrons. The van der Waals surface area contributed by atoms with Crippen molar-refractivity contribution in [2.75, 3.05) is 0 Å². The van der Waals surface area contributed by atoms with Crippen LogP contribution in [0, 0.1) is 5.92 Å². The van der Waals surface area contributed by atoms with Crippen LogP contribution in [-0.2, 0) is 6.42 Å². The van der Waals surface area contributed by atoms with Crippen LogP contribution in [0.4, 0.5) is 0 Å². The van der Waals surface area contributed by atoms with Gasteiger partial charge in [-0.1, -0.05) is 31.2 Å². The van der Waals surface area contributed by atoms with Crippen molar-refractivity contribution < 1.29 is 0 Å². The zero-order valence-corrected chi connectivity index (χ0v) is 9.18. The van der Waals surface area contributed by atoms with E-state index in [1.165, 1.54) is 0 Å². The number of hydrogen-bond acceptors (Lipinski definition) is 1. The Hall–Kier alpha value is -1.83. The predicted octanol–water partition coefficient (Wildman–Crippen LogP) is 2.66. The Morgan fingerprint density at radius 2 is 2.12 bits per heavy atom. The zero-order chi connectivity index (χ0) is 11.1. The van der Waals surface area contributed by atoms with E-state index in [4.69, 9.17) is 0 Å². The minimum Gasteiger partial charge on any atom is -0.288 e. The lowest BCUT2D eigenvalue weighted by Gasteiger charge is -2.18. The van der Waals surface area contributed by atoms with Gasteiger partial charge < -0.3 is 0 Å². The normalized spacial score (nSPS) is 18.7. The fourth-order valence-electron chi connectivity index (χ4n) is 2.28. The van der Waals surface area contributed by atoms with Crippen molar-refractivity contribution in [2.45, 2.75) is 13.3 Å². The summed E-state index contributed by atoms with van der Waals surface area (Å²) in [4.78, 5) is 12.2. The molecule has 0 fully saturated rings. The third-order valence-corrected chi connectivity index (χ3v) is 3.14. The molecule has 0 N–H and O–H groups in total. The van der Waals surface area contributed by atoms with Crippen LogP contribution in [0.5, 0.6) is 0 Å². The van der Waals surface area contributed by atoms with E-state index in [9.17, 15) is 4.79 Å². The molecule has 1 aromatic heterocycles. The average Bonchev–Trinajstić information content (AvgIpc) is 2.29. The molecule has 1 aromatic carbocycles. The van der Waals surface area contributed by atoms with Crippen LogP contribution < -0.4 is 5.56 Å². The van der Waals surface area contributed by atoms with Crippen molar-refractivity contribution in [1.82, 2.24) is 4.57 Å². The second kappa shape index (κ2) is 3.34. The Balaban J connectivity index is 2.40. The molecular weight excluding hydrogens is 198 g/mol. The van der Waals surface area contributed by atoms with E-state index in [2.05, 4.69) is 19.1 Å². The van der Waals surface area contributed by atoms with Gasteiger partial charge in [0.15, 0.2) is 0 Å². The maximum absolute atomic E-state index is 12.2. The van der Waals surface area contributed by atoms with E-state index < -0.39 is 0 Å². The molecule has 0 unspecified atom stereocenters. The molecule has 3 rings (SSSR count). The Morgan fingerprint density at radius 3 is 3.00 bits per heavy atom. The fourth-order valence-corrected chi connectivity index (χ4v) is 2.28. The van der Waals surface area contributed by atoms with Gasteiger partial charge in [-0.3, -0.25) is 9.36 Å². The second-order valence-electron chi connectivity index (χ2n) is 4.42. The lowest BCUT2D eigenvalue weighted by Crippen LogP contribution is -2.23. The summed E-state index contributed by atoms with van der Waals surface area (Å²) in [6, 6.07) is 9.89. The molecule has 0 spiro atoms. The van der Waals surface area contributed by atoms with Gasteiger partial charge in [0.1, 0.15) is 0 Å². The summed E-state index contributed by atoms with van der Waals surface area (Å²) in [6.45, 7) is 2.17. The van der Waals surface area contributed by atoms with Crippen LogP contribution in [-0.4, -0.2) is 4.57 Å². The third kappa shape index (κ3) is 1.30. The molecule has 0 saturated carbocycles. The first kappa shape index (κ1) is 9.40. The molecular formula is C14H13NO. The summed E-state index contributed by atoms with van der Waals surface area (Å²) in [5.74, 6) is 0.514. The van der Waals surface area contributed by atoms with E-state index in [0.717, 1.165) is 22.9 Å². The average molecular weight is 211 g/mol. The van der Waals surface area contributed by atoms with Crippen LogP contribution in [0.1, 0.15) is 12.6 Å². The number of allylic oxidation sites excluding steroid dienone is 1. The zero-order valence-electron chi connectivity index (χ0n) is 9.18. The smallest absolute Gasteiger partial charge is 0.262 e. The summed E-state index contributed by atoms with van der Waals surface area (Å²) in [5.41, 5.74) is 1.20. The van der Waals surface area contributed by atoms with Crippen molar-refractivity contribution in [3.8, 4) is 0 Å². The molecule has 2 aromatic rings. The molecule has 80 valence electrons. The van der Waals surface area contributed by atoms with Crippen molar-refractivity contribution in [2.24, 2.45) is 5.92 Å². The number of aromatic nitrogens is 1. The SMILES string of the molecule is C[C@H]1C=Cn2c(cc3ccccc3c2=O)C1. The van der Waals surface area contributed by atoms with Crippen molar-refractivity contribution in [3.63, 3.8) is 0 Å². The van der Waals surface area contributed by atoms with Crippen molar-refractivity contribution in [1.29, 1.82) is 0 Å². The van der Waals surface area contributed by atoms with E-state index >= 15 is 0 Å². The van der Waals surface area contributed by atoms with Crippen LogP contribution >= 0.6 is 0 Å². The van der Waals surface area contributed by atoms with E-state index in [0.29, 0.717) is 5.92 Å². The monoisotopic (exact) mass is 211 g/mol. The molecule has 1 aliphatic rings. The topological polar surface area (TPSA) is 22.0 Å². The van der Waals surface area contributed by atoms with Gasteiger partial charge in [0.25, 0.3) is 5.56 Å². The number of benzene rings is 1. The molecule has 16 heavy (non-hydrogen) atoms. The first-order chi connectivity index (χ1) is 7.75. The van der Waals surface area contributed by atoms with Gasteiger partial charge in [0.2, 0.25) is 0 Å². The Bertz CT molecular complexity index is 637. The maximum Gasteiger partial charge on any atom is 0.262 e. The molecule has 1 aliphatic heterocycles. The van der Waals surface area contributed by atoms with Crippen molar-refractivity contribution >= 4 is 17.0 Å². The van der Waals surface area contributed by atoms with Gasteiger partial charge in [-0.25, -0.2) is 0 Å². The number of hydrogen-bond donors (Lipinski definition) is 0. The van der Waals surface area contributed by atoms with Gasteiger partial charge in [-0.05, 0) is 29.9 Å². The van der Waals surface area contributed by atoms with Crippen LogP contribution in [0.3, 0.4) is 0 Å². The standard InChI is InChI=1S/C14H13NO/c1-10-6-7-15-12(8-10)9-11-4-2-3-5-13(11)14(15)16/h2-7,9-10H,8H2,1H3/t10-/m0/s1. The predicted molar refractivity (Wildman–Crippen MR) is 66.4 cm³/mol. The van der Waals surface area contributed by atoms with Gasteiger partial charge >= 0.3 is 0 Å². The van der Waals surface area contributed by atoms with Gasteiger partial charge in [-0.15, -0.1) is 0 Å². The van der Waals surface area contributed by atoms with Crippen LogP contribution in [0.15, 0.2) is 41.2 Å². The molecule has 1 atom stereocenters. The second-order valence-corrected chi connectivity index (χ2v) is 4.42. The highest BCUT2D eigenvalue weighted by molar-refractivity contribution is 5.82. The lowest BCUT2D eigenvalue weighted by molar-refractivity contribution is 0.670. The molecule has 2 heteroatoms. The minimum absolute atomic E-state index is 0.0938. The summed E-state index contributed by atoms with van der Waals surface area (Å²) in [7, 11) is 0. The van der Waals surface area contributed by atoms with E-state index in [-0.39, 0.29) is 5.56 Å². The quantitative estimate of drug-likeness (QED) is 0.656. The van der Waals surface area contributed by atoms with E-state index in [1.54, 1.807) is 4.57 Å². The molecule has 2 nitrogen and oxygen atoms in total. The first-order valence-corrected chi connectivity index (χ1v) is 5.57. The molecule has 0 amide bonds. The largest absolute Gasteiger partial charge is 0.288 e. The summed E-state index contributed by atoms with van der Waals surface area (Å²) >= 11 is 0. The summed E-state index contributed by atoms with van der Waals surface area (Å²) in [5, 5.41) is 1.84. The third-order valence-electron chi connectivity index (χ3n) is 3.14. The molecule has 2 heterocycles. The Morgan fingerprint density at radius 1 is 1.31 bits per heavy atom. The molecule has 0 aliphatic carbocycles.